The van der Waals surface area contributed by atoms with Crippen LogP contribution in [-0.2, 0) is 28.8 Å². The second kappa shape index (κ2) is 11.4. The number of aliphatic carboxylic acids is 1. The number of carboxylic acids is 1. The summed E-state index contributed by atoms with van der Waals surface area (Å²) in [7, 11) is 0. The molecule has 0 aromatic carbocycles. The van der Waals surface area contributed by atoms with Gasteiger partial charge in [0.15, 0.2) is 18.2 Å². The minimum absolute atomic E-state index is 0.231. The van der Waals surface area contributed by atoms with Gasteiger partial charge in [-0.3, -0.25) is 4.79 Å². The second-order valence-corrected chi connectivity index (χ2v) is 18.6. The third-order valence-corrected chi connectivity index (χ3v) is 16.6. The number of carboxylic acid groups (broad SMARTS) is 1. The van der Waals surface area contributed by atoms with Gasteiger partial charge in [-0.25, -0.2) is 9.78 Å². The first-order valence-electron chi connectivity index (χ1n) is 19.5. The molecule has 9 fully saturated rings. The molecular formula is C39H62O7. The third kappa shape index (κ3) is 4.77. The third-order valence-electron chi connectivity index (χ3n) is 16.6. The van der Waals surface area contributed by atoms with Gasteiger partial charge in [-0.15, -0.1) is 0 Å². The molecule has 7 nitrogen and oxygen atoms in total. The molecule has 1 spiro atoms. The van der Waals surface area contributed by atoms with Gasteiger partial charge in [0.2, 0.25) is 5.79 Å². The Morgan fingerprint density at radius 3 is 2.39 bits per heavy atom. The predicted octanol–water partition coefficient (Wildman–Crippen LogP) is 8.74. The summed E-state index contributed by atoms with van der Waals surface area (Å²) in [5.41, 5.74) is 0.255. The summed E-state index contributed by atoms with van der Waals surface area (Å²) in [5.74, 6) is 4.46. The quantitative estimate of drug-likeness (QED) is 0.229. The maximum absolute atomic E-state index is 11.3. The number of hydrogen-bond acceptors (Lipinski definition) is 6. The Morgan fingerprint density at radius 1 is 0.848 bits per heavy atom. The number of fused-ring (bicyclic) bond motifs is 7. The van der Waals surface area contributed by atoms with Gasteiger partial charge in [-0.05, 0) is 149 Å². The number of ether oxygens (including phenoxy) is 3. The Hall–Kier alpha value is -0.730. The van der Waals surface area contributed by atoms with Crippen molar-refractivity contribution < 1.29 is 33.9 Å². The highest BCUT2D eigenvalue weighted by molar-refractivity contribution is 5.66. The fourth-order valence-corrected chi connectivity index (χ4v) is 14.1. The summed E-state index contributed by atoms with van der Waals surface area (Å²) in [5, 5.41) is 9.32. The molecule has 9 rings (SSSR count). The van der Waals surface area contributed by atoms with Gasteiger partial charge >= 0.3 is 5.97 Å². The first-order chi connectivity index (χ1) is 21.9. The van der Waals surface area contributed by atoms with Gasteiger partial charge in [0.1, 0.15) is 0 Å². The van der Waals surface area contributed by atoms with E-state index in [-0.39, 0.29) is 18.3 Å². The summed E-state index contributed by atoms with van der Waals surface area (Å²) in [6.07, 6.45) is 16.4. The number of rotatable bonds is 6. The molecule has 9 aliphatic rings. The fourth-order valence-electron chi connectivity index (χ4n) is 14.1. The SMILES string of the molecule is C[C@@H]1CC[C@H]2[C@@H](C)C(O[C@@H]3CC[C@@]4(C)C(CCC5C4CC[C@@]4(C)C5CC[C@@H]4[C@H](C)CCC(=O)O)C3)OC3OC4(C)CCC1[C@]32OO4. The van der Waals surface area contributed by atoms with Gasteiger partial charge in [0.05, 0.1) is 6.10 Å². The van der Waals surface area contributed by atoms with Gasteiger partial charge in [-0.1, -0.05) is 34.6 Å². The van der Waals surface area contributed by atoms with Crippen molar-refractivity contribution in [1.82, 2.24) is 0 Å². The molecule has 4 aliphatic heterocycles. The molecule has 0 aromatic rings. The van der Waals surface area contributed by atoms with Crippen LogP contribution in [0.2, 0.25) is 0 Å². The molecule has 4 heterocycles. The van der Waals surface area contributed by atoms with Crippen molar-refractivity contribution in [1.29, 1.82) is 0 Å². The zero-order valence-corrected chi connectivity index (χ0v) is 29.5. The van der Waals surface area contributed by atoms with Crippen molar-refractivity contribution >= 4 is 5.97 Å². The summed E-state index contributed by atoms with van der Waals surface area (Å²) in [6, 6.07) is 0. The zero-order valence-electron chi connectivity index (χ0n) is 29.5. The highest BCUT2D eigenvalue weighted by atomic mass is 17.3. The number of hydrogen-bond donors (Lipinski definition) is 1. The van der Waals surface area contributed by atoms with Crippen molar-refractivity contribution in [3.63, 3.8) is 0 Å². The molecule has 5 saturated carbocycles. The van der Waals surface area contributed by atoms with E-state index in [0.717, 1.165) is 62.2 Å². The van der Waals surface area contributed by atoms with Crippen LogP contribution in [0.1, 0.15) is 138 Å². The summed E-state index contributed by atoms with van der Waals surface area (Å²) in [4.78, 5) is 23.7. The molecule has 7 heteroatoms. The van der Waals surface area contributed by atoms with Crippen molar-refractivity contribution in [2.75, 3.05) is 0 Å². The standard InChI is InChI=1S/C39H62O7/c1-22(8-14-33(40)41)28-12-13-31-27-10-9-25-21-26(15-18-36(25,4)32(27)16-19-37(28,31)5)42-34-24(3)30-11-7-23(2)29-17-20-38(6)44-35(43-34)39(29,30)46-45-38/h22-32,34-35H,7-21H2,1-6H3,(H,40,41)/t22-,23-,24-,25?,26-,27?,28-,29?,30+,31?,32?,34?,35?,36+,37-,38?,39-/m1/s1. The Bertz CT molecular complexity index is 1180. The lowest BCUT2D eigenvalue weighted by Gasteiger charge is -2.62. The number of carbonyl (C=O) groups is 1. The van der Waals surface area contributed by atoms with Crippen LogP contribution in [0.3, 0.4) is 0 Å². The minimum Gasteiger partial charge on any atom is -0.481 e. The van der Waals surface area contributed by atoms with E-state index in [2.05, 4.69) is 34.6 Å². The monoisotopic (exact) mass is 642 g/mol. The van der Waals surface area contributed by atoms with Gasteiger partial charge in [0.25, 0.3) is 0 Å². The molecule has 0 amide bonds. The maximum atomic E-state index is 11.3. The second-order valence-electron chi connectivity index (χ2n) is 18.6. The fraction of sp³-hybridized carbons (Fsp3) is 0.974. The first kappa shape index (κ1) is 32.5. The van der Waals surface area contributed by atoms with Gasteiger partial charge < -0.3 is 19.3 Å². The molecule has 2 bridgehead atoms. The van der Waals surface area contributed by atoms with Crippen LogP contribution in [0.15, 0.2) is 0 Å². The first-order valence-corrected chi connectivity index (χ1v) is 19.5. The van der Waals surface area contributed by atoms with E-state index >= 15 is 0 Å². The molecule has 4 saturated heterocycles. The molecular weight excluding hydrogens is 580 g/mol. The lowest BCUT2D eigenvalue weighted by molar-refractivity contribution is -0.578. The summed E-state index contributed by atoms with van der Waals surface area (Å²) in [6.45, 7) is 14.3. The molecule has 5 aliphatic carbocycles. The highest BCUT2D eigenvalue weighted by Gasteiger charge is 2.70. The maximum Gasteiger partial charge on any atom is 0.303 e. The molecule has 0 radical (unpaired) electrons. The van der Waals surface area contributed by atoms with Gasteiger partial charge in [0, 0.05) is 24.7 Å². The van der Waals surface area contributed by atoms with Crippen molar-refractivity contribution in [2.24, 2.45) is 70.0 Å². The van der Waals surface area contributed by atoms with E-state index in [4.69, 9.17) is 24.0 Å². The van der Waals surface area contributed by atoms with Crippen molar-refractivity contribution in [2.45, 2.75) is 168 Å². The Balaban J connectivity index is 0.942. The average molecular weight is 643 g/mol. The smallest absolute Gasteiger partial charge is 0.303 e. The zero-order chi connectivity index (χ0) is 32.2. The van der Waals surface area contributed by atoms with E-state index in [1.165, 1.54) is 51.4 Å². The summed E-state index contributed by atoms with van der Waals surface area (Å²) >= 11 is 0. The van der Waals surface area contributed by atoms with E-state index in [1.807, 2.05) is 6.92 Å². The lowest BCUT2D eigenvalue weighted by atomic mass is 9.44. The molecule has 260 valence electrons. The van der Waals surface area contributed by atoms with Crippen LogP contribution in [0.5, 0.6) is 0 Å². The molecule has 17 atom stereocenters. The van der Waals surface area contributed by atoms with Crippen molar-refractivity contribution in [3.8, 4) is 0 Å². The largest absolute Gasteiger partial charge is 0.481 e. The Labute approximate surface area is 277 Å². The van der Waals surface area contributed by atoms with Crippen LogP contribution in [0.4, 0.5) is 0 Å². The van der Waals surface area contributed by atoms with Gasteiger partial charge in [-0.2, -0.15) is 0 Å². The van der Waals surface area contributed by atoms with Crippen LogP contribution in [-0.4, -0.2) is 41.1 Å². The topological polar surface area (TPSA) is 83.5 Å². The minimum atomic E-state index is -0.750. The molecule has 46 heavy (non-hydrogen) atoms. The van der Waals surface area contributed by atoms with Crippen molar-refractivity contribution in [3.05, 3.63) is 0 Å². The molecule has 0 aromatic heterocycles. The van der Waals surface area contributed by atoms with Crippen LogP contribution < -0.4 is 0 Å². The Kier molecular flexibility index (Phi) is 8.05. The van der Waals surface area contributed by atoms with Crippen LogP contribution >= 0.6 is 0 Å². The normalized spacial score (nSPS) is 56.6. The van der Waals surface area contributed by atoms with E-state index in [0.29, 0.717) is 46.8 Å². The van der Waals surface area contributed by atoms with E-state index < -0.39 is 23.6 Å². The van der Waals surface area contributed by atoms with E-state index in [9.17, 15) is 9.90 Å². The summed E-state index contributed by atoms with van der Waals surface area (Å²) < 4.78 is 20.5. The predicted molar refractivity (Wildman–Crippen MR) is 173 cm³/mol. The lowest BCUT2D eigenvalue weighted by Crippen LogP contribution is -2.70. The molecule has 8 unspecified atom stereocenters. The van der Waals surface area contributed by atoms with E-state index in [1.54, 1.807) is 0 Å². The highest BCUT2D eigenvalue weighted by Crippen LogP contribution is 2.69. The van der Waals surface area contributed by atoms with Crippen LogP contribution in [0.25, 0.3) is 0 Å². The molecule has 1 N–H and O–H groups in total. The Morgan fingerprint density at radius 2 is 1.59 bits per heavy atom. The average Bonchev–Trinajstić information content (AvgIpc) is 3.22. The van der Waals surface area contributed by atoms with Crippen LogP contribution in [0, 0.1) is 70.0 Å².